The molecule has 0 aliphatic rings. The van der Waals surface area contributed by atoms with E-state index >= 15 is 0 Å². The van der Waals surface area contributed by atoms with Gasteiger partial charge in [0.2, 0.25) is 0 Å². The van der Waals surface area contributed by atoms with E-state index in [4.69, 9.17) is 11.6 Å². The monoisotopic (exact) mass is 349 g/mol. The van der Waals surface area contributed by atoms with Crippen LogP contribution in [0.15, 0.2) is 66.7 Å². The van der Waals surface area contributed by atoms with Crippen LogP contribution in [0.1, 0.15) is 10.4 Å². The molecule has 0 saturated carbocycles. The topological polar surface area (TPSA) is 67.5 Å². The van der Waals surface area contributed by atoms with Crippen LogP contribution in [0.5, 0.6) is 0 Å². The predicted molar refractivity (Wildman–Crippen MR) is 95.8 cm³/mol. The Bertz CT molecular complexity index is 1090. The molecule has 4 aromatic rings. The van der Waals surface area contributed by atoms with E-state index in [9.17, 15) is 9.90 Å². The molecular formula is C19H12ClN3O2. The lowest BCUT2D eigenvalue weighted by molar-refractivity contribution is 0.0698. The maximum Gasteiger partial charge on any atom is 0.339 e. The number of benzene rings is 2. The highest BCUT2D eigenvalue weighted by Gasteiger charge is 2.17. The lowest BCUT2D eigenvalue weighted by Gasteiger charge is -2.05. The molecular weight excluding hydrogens is 338 g/mol. The number of pyridine rings is 1. The smallest absolute Gasteiger partial charge is 0.339 e. The van der Waals surface area contributed by atoms with Gasteiger partial charge in [-0.05, 0) is 24.3 Å². The molecule has 0 atom stereocenters. The quantitative estimate of drug-likeness (QED) is 0.594. The van der Waals surface area contributed by atoms with Crippen LogP contribution in [0, 0.1) is 0 Å². The van der Waals surface area contributed by atoms with Gasteiger partial charge in [-0.25, -0.2) is 14.3 Å². The number of carboxylic acids is 1. The second-order valence-corrected chi connectivity index (χ2v) is 5.92. The van der Waals surface area contributed by atoms with Gasteiger partial charge in [-0.3, -0.25) is 0 Å². The fourth-order valence-electron chi connectivity index (χ4n) is 2.71. The van der Waals surface area contributed by atoms with Crippen LogP contribution >= 0.6 is 11.6 Å². The number of hydrogen-bond donors (Lipinski definition) is 1. The first-order valence-corrected chi connectivity index (χ1v) is 7.96. The average Bonchev–Trinajstić information content (AvgIpc) is 3.06. The third kappa shape index (κ3) is 2.75. The van der Waals surface area contributed by atoms with Crippen molar-refractivity contribution >= 4 is 23.2 Å². The van der Waals surface area contributed by atoms with Crippen LogP contribution in [-0.4, -0.2) is 25.7 Å². The molecule has 0 aliphatic heterocycles. The van der Waals surface area contributed by atoms with E-state index in [0.29, 0.717) is 16.5 Å². The summed E-state index contributed by atoms with van der Waals surface area (Å²) in [6, 6.07) is 20.1. The second-order valence-electron chi connectivity index (χ2n) is 5.48. The number of aromatic nitrogens is 3. The zero-order valence-electron chi connectivity index (χ0n) is 12.9. The van der Waals surface area contributed by atoms with Crippen molar-refractivity contribution < 1.29 is 9.90 Å². The molecule has 0 aliphatic carbocycles. The van der Waals surface area contributed by atoms with Crippen molar-refractivity contribution in [2.45, 2.75) is 0 Å². The number of halogens is 1. The fraction of sp³-hybridized carbons (Fsp3) is 0. The number of hydrogen-bond acceptors (Lipinski definition) is 3. The number of rotatable bonds is 3. The molecule has 0 fully saturated rings. The maximum absolute atomic E-state index is 11.6. The van der Waals surface area contributed by atoms with Crippen LogP contribution in [0.3, 0.4) is 0 Å². The van der Waals surface area contributed by atoms with Crippen LogP contribution in [0.4, 0.5) is 0 Å². The summed E-state index contributed by atoms with van der Waals surface area (Å²) in [6.45, 7) is 0. The molecule has 122 valence electrons. The Morgan fingerprint density at radius 3 is 2.44 bits per heavy atom. The number of carboxylic acid groups (broad SMARTS) is 1. The third-order valence-electron chi connectivity index (χ3n) is 3.87. The lowest BCUT2D eigenvalue weighted by Crippen LogP contribution is -2.03. The Balaban J connectivity index is 2.00. The Labute approximate surface area is 148 Å². The molecule has 6 heteroatoms. The average molecular weight is 350 g/mol. The van der Waals surface area contributed by atoms with Gasteiger partial charge >= 0.3 is 5.97 Å². The molecule has 2 heterocycles. The normalized spacial score (nSPS) is 10.9. The van der Waals surface area contributed by atoms with Gasteiger partial charge in [0.15, 0.2) is 11.5 Å². The number of carbonyl (C=O) groups is 1. The van der Waals surface area contributed by atoms with E-state index < -0.39 is 5.97 Å². The minimum atomic E-state index is -1.05. The maximum atomic E-state index is 11.6. The summed E-state index contributed by atoms with van der Waals surface area (Å²) in [5.41, 5.74) is 2.81. The van der Waals surface area contributed by atoms with Crippen molar-refractivity contribution in [3.05, 3.63) is 77.3 Å². The molecule has 0 bridgehead atoms. The minimum absolute atomic E-state index is 0.0976. The van der Waals surface area contributed by atoms with Crippen LogP contribution < -0.4 is 0 Å². The molecule has 0 unspecified atom stereocenters. The molecule has 0 saturated heterocycles. The Morgan fingerprint density at radius 1 is 0.960 bits per heavy atom. The molecule has 4 rings (SSSR count). The zero-order valence-corrected chi connectivity index (χ0v) is 13.7. The summed E-state index contributed by atoms with van der Waals surface area (Å²) in [4.78, 5) is 16.0. The van der Waals surface area contributed by atoms with Gasteiger partial charge in [0.1, 0.15) is 5.56 Å². The van der Waals surface area contributed by atoms with Gasteiger partial charge in [0.05, 0.1) is 5.69 Å². The largest absolute Gasteiger partial charge is 0.478 e. The fourth-order valence-corrected chi connectivity index (χ4v) is 2.90. The summed E-state index contributed by atoms with van der Waals surface area (Å²) in [5, 5.41) is 14.6. The van der Waals surface area contributed by atoms with Crippen molar-refractivity contribution in [3.63, 3.8) is 0 Å². The summed E-state index contributed by atoms with van der Waals surface area (Å²) < 4.78 is 1.56. The zero-order chi connectivity index (χ0) is 17.4. The molecule has 1 N–H and O–H groups in total. The lowest BCUT2D eigenvalue weighted by atomic mass is 10.1. The molecule has 2 aromatic heterocycles. The van der Waals surface area contributed by atoms with Crippen molar-refractivity contribution in [2.24, 2.45) is 0 Å². The molecule has 25 heavy (non-hydrogen) atoms. The first kappa shape index (κ1) is 15.4. The van der Waals surface area contributed by atoms with E-state index in [2.05, 4.69) is 10.1 Å². The summed E-state index contributed by atoms with van der Waals surface area (Å²) in [7, 11) is 0. The molecule has 0 amide bonds. The van der Waals surface area contributed by atoms with E-state index in [1.165, 1.54) is 0 Å². The highest BCUT2D eigenvalue weighted by atomic mass is 35.5. The van der Waals surface area contributed by atoms with E-state index in [-0.39, 0.29) is 5.56 Å². The van der Waals surface area contributed by atoms with Crippen LogP contribution in [-0.2, 0) is 0 Å². The van der Waals surface area contributed by atoms with Crippen LogP contribution in [0.2, 0.25) is 5.02 Å². The number of nitrogens with zero attached hydrogens (tertiary/aromatic N) is 3. The summed E-state index contributed by atoms with van der Waals surface area (Å²) in [6.07, 6.45) is 0. The van der Waals surface area contributed by atoms with Gasteiger partial charge < -0.3 is 5.11 Å². The second kappa shape index (κ2) is 6.03. The minimum Gasteiger partial charge on any atom is -0.478 e. The standard InChI is InChI=1S/C19H12ClN3O2/c20-14-8-4-7-13(11-14)17-21-18-15(19(24)25)9-10-16(23(18)22-17)12-5-2-1-3-6-12/h1-11H,(H,24,25). The van der Waals surface area contributed by atoms with Gasteiger partial charge in [0, 0.05) is 16.1 Å². The Morgan fingerprint density at radius 2 is 1.72 bits per heavy atom. The molecule has 0 spiro atoms. The van der Waals surface area contributed by atoms with Gasteiger partial charge in [-0.1, -0.05) is 54.1 Å². The number of aromatic carboxylic acids is 1. The Hall–Kier alpha value is -3.18. The van der Waals surface area contributed by atoms with E-state index in [1.807, 2.05) is 36.4 Å². The first-order chi connectivity index (χ1) is 12.1. The summed E-state index contributed by atoms with van der Waals surface area (Å²) in [5.74, 6) is -0.622. The van der Waals surface area contributed by atoms with Gasteiger partial charge in [0.25, 0.3) is 0 Å². The van der Waals surface area contributed by atoms with Crippen molar-refractivity contribution in [3.8, 4) is 22.6 Å². The first-order valence-electron chi connectivity index (χ1n) is 7.58. The van der Waals surface area contributed by atoms with E-state index in [0.717, 1.165) is 16.8 Å². The van der Waals surface area contributed by atoms with Crippen molar-refractivity contribution in [2.75, 3.05) is 0 Å². The Kier molecular flexibility index (Phi) is 3.71. The number of fused-ring (bicyclic) bond motifs is 1. The van der Waals surface area contributed by atoms with E-state index in [1.54, 1.807) is 34.8 Å². The summed E-state index contributed by atoms with van der Waals surface area (Å²) >= 11 is 6.05. The van der Waals surface area contributed by atoms with Gasteiger partial charge in [-0.15, -0.1) is 5.10 Å². The predicted octanol–water partition coefficient (Wildman–Crippen LogP) is 4.41. The molecule has 2 aromatic carbocycles. The highest BCUT2D eigenvalue weighted by Crippen LogP contribution is 2.26. The van der Waals surface area contributed by atoms with Gasteiger partial charge in [-0.2, -0.15) is 0 Å². The molecule has 5 nitrogen and oxygen atoms in total. The highest BCUT2D eigenvalue weighted by molar-refractivity contribution is 6.30. The third-order valence-corrected chi connectivity index (χ3v) is 4.10. The van der Waals surface area contributed by atoms with Crippen molar-refractivity contribution in [1.82, 2.24) is 14.6 Å². The molecule has 0 radical (unpaired) electrons. The SMILES string of the molecule is O=C(O)c1ccc(-c2ccccc2)n2nc(-c3cccc(Cl)c3)nc12. The van der Waals surface area contributed by atoms with Crippen molar-refractivity contribution in [1.29, 1.82) is 0 Å². The van der Waals surface area contributed by atoms with Crippen LogP contribution in [0.25, 0.3) is 28.3 Å².